The molecule has 1 fully saturated rings. The lowest BCUT2D eigenvalue weighted by atomic mass is 10.1. The van der Waals surface area contributed by atoms with Crippen molar-refractivity contribution in [1.29, 1.82) is 0 Å². The molecule has 2 aliphatic rings. The molecule has 0 bridgehead atoms. The van der Waals surface area contributed by atoms with Gasteiger partial charge in [0.15, 0.2) is 0 Å². The number of benzene rings is 1. The molecule has 0 unspecified atom stereocenters. The van der Waals surface area contributed by atoms with Crippen LogP contribution in [0.25, 0.3) is 10.2 Å². The summed E-state index contributed by atoms with van der Waals surface area (Å²) in [5.74, 6) is 0.784. The second-order valence-corrected chi connectivity index (χ2v) is 10.9. The van der Waals surface area contributed by atoms with Gasteiger partial charge in [-0.3, -0.25) is 14.5 Å². The lowest BCUT2D eigenvalue weighted by Gasteiger charge is -2.29. The molecule has 0 spiro atoms. The van der Waals surface area contributed by atoms with Gasteiger partial charge in [0, 0.05) is 30.8 Å². The molecule has 40 heavy (non-hydrogen) atoms. The molecule has 3 aromatic heterocycles. The van der Waals surface area contributed by atoms with E-state index < -0.39 is 6.03 Å². The zero-order valence-corrected chi connectivity index (χ0v) is 22.9. The molecule has 0 saturated heterocycles. The molecule has 3 N–H and O–H groups in total. The van der Waals surface area contributed by atoms with Crippen molar-refractivity contribution in [2.24, 2.45) is 0 Å². The Morgan fingerprint density at radius 3 is 2.65 bits per heavy atom. The van der Waals surface area contributed by atoms with Crippen molar-refractivity contribution in [3.8, 4) is 11.6 Å². The molecule has 6 rings (SSSR count). The summed E-state index contributed by atoms with van der Waals surface area (Å²) in [6, 6.07) is 12.4. The van der Waals surface area contributed by atoms with Crippen LogP contribution in [0, 0.1) is 6.92 Å². The standard InChI is InChI=1S/C29H28N6O4S/c1-3-22(36)32-17-9-10-18(14-17)33-27(37)26-25-24-20(11-12-30-28(24)40-26)34-29(38)35(25)21-15-31-23(13-16(21)2)39-19-7-5-4-6-8-19/h4-8,11-13,15,17-18H,3,9-10,14H2,1-2H3,(H,32,36)(H,33,37)(H,34,38)/t17-,18-/m1/s1. The first-order valence-corrected chi connectivity index (χ1v) is 14.0. The van der Waals surface area contributed by atoms with E-state index in [1.54, 1.807) is 24.5 Å². The molecular weight excluding hydrogens is 528 g/mol. The van der Waals surface area contributed by atoms with E-state index in [9.17, 15) is 14.4 Å². The molecule has 2 atom stereocenters. The lowest BCUT2D eigenvalue weighted by molar-refractivity contribution is -0.121. The fraction of sp³-hybridized carbons (Fsp3) is 0.276. The Morgan fingerprint density at radius 1 is 1.12 bits per heavy atom. The third-order valence-electron chi connectivity index (χ3n) is 7.16. The summed E-state index contributed by atoms with van der Waals surface area (Å²) in [5, 5.41) is 9.79. The van der Waals surface area contributed by atoms with Crippen LogP contribution in [0.15, 0.2) is 54.9 Å². The third-order valence-corrected chi connectivity index (χ3v) is 8.25. The van der Waals surface area contributed by atoms with Crippen molar-refractivity contribution in [2.75, 3.05) is 10.2 Å². The maximum absolute atomic E-state index is 13.7. The van der Waals surface area contributed by atoms with Crippen molar-refractivity contribution in [1.82, 2.24) is 20.6 Å². The first-order valence-electron chi connectivity index (χ1n) is 13.2. The summed E-state index contributed by atoms with van der Waals surface area (Å²) in [6.07, 6.45) is 5.86. The second-order valence-electron chi connectivity index (χ2n) is 9.91. The average molecular weight is 557 g/mol. The van der Waals surface area contributed by atoms with Crippen molar-refractivity contribution in [3.63, 3.8) is 0 Å². The van der Waals surface area contributed by atoms with Crippen LogP contribution in [0.5, 0.6) is 11.6 Å². The number of ether oxygens (including phenoxy) is 1. The minimum Gasteiger partial charge on any atom is -0.439 e. The van der Waals surface area contributed by atoms with Crippen LogP contribution in [0.3, 0.4) is 0 Å². The molecule has 204 valence electrons. The quantitative estimate of drug-likeness (QED) is 0.270. The van der Waals surface area contributed by atoms with E-state index in [-0.39, 0.29) is 23.9 Å². The van der Waals surface area contributed by atoms with E-state index in [1.165, 1.54) is 16.2 Å². The zero-order chi connectivity index (χ0) is 27.8. The van der Waals surface area contributed by atoms with Gasteiger partial charge >= 0.3 is 6.03 Å². The Kier molecular flexibility index (Phi) is 6.81. The molecule has 4 heterocycles. The monoisotopic (exact) mass is 556 g/mol. The van der Waals surface area contributed by atoms with E-state index in [1.807, 2.05) is 44.2 Å². The van der Waals surface area contributed by atoms with Crippen molar-refractivity contribution in [2.45, 2.75) is 51.6 Å². The molecule has 1 aliphatic carbocycles. The summed E-state index contributed by atoms with van der Waals surface area (Å²) >= 11 is 1.25. The predicted octanol–water partition coefficient (Wildman–Crippen LogP) is 5.65. The predicted molar refractivity (Wildman–Crippen MR) is 154 cm³/mol. The number of hydrogen-bond acceptors (Lipinski definition) is 7. The summed E-state index contributed by atoms with van der Waals surface area (Å²) < 4.78 is 5.87. The largest absolute Gasteiger partial charge is 0.439 e. The van der Waals surface area contributed by atoms with Crippen LogP contribution in [0.1, 0.15) is 47.8 Å². The van der Waals surface area contributed by atoms with Crippen LogP contribution in [-0.2, 0) is 4.79 Å². The molecule has 4 aromatic rings. The number of nitrogens with one attached hydrogen (secondary N) is 3. The van der Waals surface area contributed by atoms with Gasteiger partial charge in [-0.05, 0) is 49.9 Å². The van der Waals surface area contributed by atoms with Crippen molar-refractivity contribution >= 4 is 56.5 Å². The number of nitrogens with zero attached hydrogens (tertiary/aromatic N) is 3. The van der Waals surface area contributed by atoms with Crippen LogP contribution >= 0.6 is 11.3 Å². The van der Waals surface area contributed by atoms with Crippen molar-refractivity contribution < 1.29 is 19.1 Å². The number of aryl methyl sites for hydroxylation is 1. The Bertz CT molecular complexity index is 1620. The molecule has 1 aliphatic heterocycles. The highest BCUT2D eigenvalue weighted by Gasteiger charge is 2.36. The van der Waals surface area contributed by atoms with Gasteiger partial charge in [-0.1, -0.05) is 25.1 Å². The van der Waals surface area contributed by atoms with Gasteiger partial charge < -0.3 is 20.7 Å². The molecule has 4 amide bonds. The normalized spacial score (nSPS) is 17.9. The first kappa shape index (κ1) is 25.8. The van der Waals surface area contributed by atoms with Gasteiger partial charge in [0.2, 0.25) is 11.8 Å². The topological polar surface area (TPSA) is 126 Å². The van der Waals surface area contributed by atoms with Gasteiger partial charge in [-0.2, -0.15) is 0 Å². The first-order chi connectivity index (χ1) is 19.4. The van der Waals surface area contributed by atoms with Gasteiger partial charge in [-0.15, -0.1) is 11.3 Å². The van der Waals surface area contributed by atoms with Crippen molar-refractivity contribution in [3.05, 3.63) is 65.3 Å². The molecule has 1 aromatic carbocycles. The number of carbonyl (C=O) groups excluding carboxylic acids is 3. The third kappa shape index (κ3) is 4.84. The van der Waals surface area contributed by atoms with Crippen LogP contribution in [-0.4, -0.2) is 39.9 Å². The van der Waals surface area contributed by atoms with Crippen LogP contribution in [0.4, 0.5) is 21.9 Å². The van der Waals surface area contributed by atoms with E-state index >= 15 is 0 Å². The number of thiophene rings is 1. The SMILES string of the molecule is CCC(=O)N[C@@H]1CC[C@@H](NC(=O)c2sc3nccc4c3c2N(c2cnc(Oc3ccccc3)cc2C)C(=O)N4)C1. The number of pyridine rings is 2. The van der Waals surface area contributed by atoms with E-state index in [4.69, 9.17) is 4.74 Å². The summed E-state index contributed by atoms with van der Waals surface area (Å²) in [5.41, 5.74) is 2.37. The Balaban J connectivity index is 1.32. The summed E-state index contributed by atoms with van der Waals surface area (Å²) in [7, 11) is 0. The summed E-state index contributed by atoms with van der Waals surface area (Å²) in [6.45, 7) is 3.69. The van der Waals surface area contributed by atoms with Crippen LogP contribution < -0.4 is 25.6 Å². The fourth-order valence-corrected chi connectivity index (χ4v) is 6.29. The fourth-order valence-electron chi connectivity index (χ4n) is 5.23. The number of rotatable bonds is 7. The van der Waals surface area contributed by atoms with Crippen LogP contribution in [0.2, 0.25) is 0 Å². The minimum absolute atomic E-state index is 0.00957. The molecule has 11 heteroatoms. The number of para-hydroxylation sites is 1. The van der Waals surface area contributed by atoms with Gasteiger partial charge in [0.05, 0.1) is 28.6 Å². The smallest absolute Gasteiger partial charge is 0.331 e. The van der Waals surface area contributed by atoms with Gasteiger partial charge in [0.25, 0.3) is 5.91 Å². The molecule has 1 saturated carbocycles. The maximum Gasteiger partial charge on any atom is 0.331 e. The maximum atomic E-state index is 13.7. The number of anilines is 3. The highest BCUT2D eigenvalue weighted by molar-refractivity contribution is 7.21. The van der Waals surface area contributed by atoms with Gasteiger partial charge in [-0.25, -0.2) is 14.8 Å². The number of amides is 4. The zero-order valence-electron chi connectivity index (χ0n) is 22.1. The lowest BCUT2D eigenvalue weighted by Crippen LogP contribution is -2.38. The Hall–Kier alpha value is -4.51. The number of carbonyl (C=O) groups is 3. The Morgan fingerprint density at radius 2 is 1.90 bits per heavy atom. The highest BCUT2D eigenvalue weighted by atomic mass is 32.1. The average Bonchev–Trinajstić information content (AvgIpc) is 3.55. The number of aromatic nitrogens is 2. The van der Waals surface area contributed by atoms with E-state index in [0.29, 0.717) is 56.6 Å². The van der Waals surface area contributed by atoms with Gasteiger partial charge in [0.1, 0.15) is 15.5 Å². The number of hydrogen-bond donors (Lipinski definition) is 3. The van der Waals surface area contributed by atoms with E-state index in [2.05, 4.69) is 25.9 Å². The minimum atomic E-state index is -0.391. The highest BCUT2D eigenvalue weighted by Crippen LogP contribution is 2.47. The second kappa shape index (κ2) is 10.6. The molecule has 0 radical (unpaired) electrons. The van der Waals surface area contributed by atoms with E-state index in [0.717, 1.165) is 18.4 Å². The Labute approximate surface area is 234 Å². The summed E-state index contributed by atoms with van der Waals surface area (Å²) in [4.78, 5) is 50.5. The molecule has 10 nitrogen and oxygen atoms in total. The number of urea groups is 1. The molecular formula is C29H28N6O4S.